The van der Waals surface area contributed by atoms with Gasteiger partial charge in [-0.15, -0.1) is 0 Å². The maximum atomic E-state index is 13.6. The molecule has 3 aromatic rings. The number of rotatable bonds is 3. The van der Waals surface area contributed by atoms with E-state index in [-0.39, 0.29) is 12.5 Å². The third-order valence-corrected chi connectivity index (χ3v) is 5.99. The van der Waals surface area contributed by atoms with Crippen molar-refractivity contribution in [1.29, 1.82) is 0 Å². The van der Waals surface area contributed by atoms with Crippen molar-refractivity contribution in [2.24, 2.45) is 7.05 Å². The first-order chi connectivity index (χ1) is 13.9. The number of carbonyl (C=O) groups is 2. The van der Waals surface area contributed by atoms with Crippen molar-refractivity contribution < 1.29 is 14.7 Å². The van der Waals surface area contributed by atoms with Gasteiger partial charge in [0.15, 0.2) is 5.65 Å². The zero-order valence-electron chi connectivity index (χ0n) is 16.4. The van der Waals surface area contributed by atoms with E-state index in [9.17, 15) is 14.7 Å². The van der Waals surface area contributed by atoms with Crippen molar-refractivity contribution in [2.45, 2.75) is 38.1 Å². The summed E-state index contributed by atoms with van der Waals surface area (Å²) in [5.74, 6) is -1.39. The van der Waals surface area contributed by atoms with E-state index in [1.807, 2.05) is 44.3 Å². The molecule has 0 bridgehead atoms. The second kappa shape index (κ2) is 6.40. The van der Waals surface area contributed by atoms with Gasteiger partial charge in [0.05, 0.1) is 22.6 Å². The average Bonchev–Trinajstić information content (AvgIpc) is 3.52. The normalized spacial score (nSPS) is 18.7. The van der Waals surface area contributed by atoms with Crippen LogP contribution in [0.3, 0.4) is 0 Å². The number of fused-ring (bicyclic) bond motifs is 2. The van der Waals surface area contributed by atoms with Gasteiger partial charge in [-0.2, -0.15) is 5.10 Å². The van der Waals surface area contributed by atoms with Gasteiger partial charge in [0, 0.05) is 31.7 Å². The summed E-state index contributed by atoms with van der Waals surface area (Å²) in [5.41, 5.74) is 4.65. The maximum absolute atomic E-state index is 13.6. The number of amides is 1. The molecule has 1 unspecified atom stereocenters. The van der Waals surface area contributed by atoms with Crippen LogP contribution in [0.5, 0.6) is 0 Å². The van der Waals surface area contributed by atoms with Gasteiger partial charge in [0.1, 0.15) is 0 Å². The first kappa shape index (κ1) is 17.8. The summed E-state index contributed by atoms with van der Waals surface area (Å²) in [6.07, 6.45) is 2.17. The van der Waals surface area contributed by atoms with Gasteiger partial charge in [0.2, 0.25) is 0 Å². The first-order valence-electron chi connectivity index (χ1n) is 9.88. The van der Waals surface area contributed by atoms with E-state index in [1.54, 1.807) is 9.58 Å². The van der Waals surface area contributed by atoms with Crippen LogP contribution < -0.4 is 0 Å². The Morgan fingerprint density at radius 1 is 1.21 bits per heavy atom. The average molecular weight is 390 g/mol. The van der Waals surface area contributed by atoms with Gasteiger partial charge in [-0.3, -0.25) is 14.3 Å². The third kappa shape index (κ3) is 2.88. The van der Waals surface area contributed by atoms with E-state index in [0.29, 0.717) is 23.7 Å². The number of carboxylic acids is 1. The van der Waals surface area contributed by atoms with Crippen molar-refractivity contribution in [2.75, 3.05) is 6.54 Å². The quantitative estimate of drug-likeness (QED) is 0.743. The lowest BCUT2D eigenvalue weighted by Crippen LogP contribution is -2.40. The predicted octanol–water partition coefficient (Wildman–Crippen LogP) is 2.98. The molecule has 1 N–H and O–H groups in total. The minimum Gasteiger partial charge on any atom is -0.481 e. The molecule has 1 atom stereocenters. The lowest BCUT2D eigenvalue weighted by atomic mass is 9.89. The van der Waals surface area contributed by atoms with Crippen LogP contribution in [0.2, 0.25) is 0 Å². The molecular formula is C22H22N4O3. The Labute approximate surface area is 168 Å². The van der Waals surface area contributed by atoms with E-state index in [1.165, 1.54) is 0 Å². The maximum Gasteiger partial charge on any atom is 0.312 e. The molecule has 1 aliphatic carbocycles. The van der Waals surface area contributed by atoms with Gasteiger partial charge in [-0.25, -0.2) is 4.98 Å². The molecule has 1 amide bonds. The van der Waals surface area contributed by atoms with Crippen molar-refractivity contribution in [3.63, 3.8) is 0 Å². The van der Waals surface area contributed by atoms with Crippen LogP contribution in [-0.2, 0) is 18.4 Å². The van der Waals surface area contributed by atoms with Crippen LogP contribution in [0.15, 0.2) is 30.3 Å². The van der Waals surface area contributed by atoms with Gasteiger partial charge >= 0.3 is 5.97 Å². The molecular weight excluding hydrogens is 368 g/mol. The van der Waals surface area contributed by atoms with Gasteiger partial charge in [-0.1, -0.05) is 24.3 Å². The highest BCUT2D eigenvalue weighted by Gasteiger charge is 2.35. The Morgan fingerprint density at radius 2 is 1.97 bits per heavy atom. The SMILES string of the molecule is Cc1nn(C)c2nc(C3CC3)cc(C(=O)N3Cc4ccccc4C(C(=O)O)C3)c12. The van der Waals surface area contributed by atoms with Crippen molar-refractivity contribution >= 4 is 22.9 Å². The van der Waals surface area contributed by atoms with E-state index in [0.717, 1.165) is 40.7 Å². The highest BCUT2D eigenvalue weighted by atomic mass is 16.4. The molecule has 7 heteroatoms. The van der Waals surface area contributed by atoms with Crippen LogP contribution in [0.25, 0.3) is 11.0 Å². The second-order valence-corrected chi connectivity index (χ2v) is 8.05. The number of carbonyl (C=O) groups excluding carboxylic acids is 1. The summed E-state index contributed by atoms with van der Waals surface area (Å²) >= 11 is 0. The third-order valence-electron chi connectivity index (χ3n) is 5.99. The molecule has 29 heavy (non-hydrogen) atoms. The topological polar surface area (TPSA) is 88.3 Å². The summed E-state index contributed by atoms with van der Waals surface area (Å²) in [7, 11) is 1.84. The number of hydrogen-bond donors (Lipinski definition) is 1. The molecule has 0 spiro atoms. The number of aliphatic carboxylic acids is 1. The minimum absolute atomic E-state index is 0.156. The summed E-state index contributed by atoms with van der Waals surface area (Å²) < 4.78 is 1.72. The summed E-state index contributed by atoms with van der Waals surface area (Å²) in [5, 5.41) is 15.0. The molecule has 1 fully saturated rings. The molecule has 1 saturated carbocycles. The van der Waals surface area contributed by atoms with Crippen molar-refractivity contribution in [1.82, 2.24) is 19.7 Å². The zero-order chi connectivity index (χ0) is 20.3. The number of pyridine rings is 1. The standard InChI is InChI=1S/C22H22N4O3/c1-12-19-16(9-18(13-7-8-13)23-20(19)25(2)24-12)21(27)26-10-14-5-3-4-6-15(14)17(11-26)22(28)29/h3-6,9,13,17H,7-8,10-11H2,1-2H3,(H,28,29). The number of aryl methyl sites for hydroxylation is 2. The van der Waals surface area contributed by atoms with E-state index in [2.05, 4.69) is 5.10 Å². The lowest BCUT2D eigenvalue weighted by molar-refractivity contribution is -0.139. The highest BCUT2D eigenvalue weighted by molar-refractivity contribution is 6.07. The number of carboxylic acid groups (broad SMARTS) is 1. The fraction of sp³-hybridized carbons (Fsp3) is 0.364. The summed E-state index contributed by atoms with van der Waals surface area (Å²) in [4.78, 5) is 31.9. The Balaban J connectivity index is 1.61. The Hall–Kier alpha value is -3.22. The van der Waals surface area contributed by atoms with Crippen molar-refractivity contribution in [3.05, 3.63) is 58.4 Å². The zero-order valence-corrected chi connectivity index (χ0v) is 16.4. The van der Waals surface area contributed by atoms with Crippen LogP contribution in [-0.4, -0.2) is 43.2 Å². The fourth-order valence-corrected chi connectivity index (χ4v) is 4.36. The minimum atomic E-state index is -0.911. The molecule has 1 aromatic carbocycles. The van der Waals surface area contributed by atoms with Gasteiger partial charge in [-0.05, 0) is 37.0 Å². The fourth-order valence-electron chi connectivity index (χ4n) is 4.36. The number of hydrogen-bond acceptors (Lipinski definition) is 4. The van der Waals surface area contributed by atoms with Crippen LogP contribution >= 0.6 is 0 Å². The van der Waals surface area contributed by atoms with Crippen LogP contribution in [0.1, 0.15) is 57.6 Å². The molecule has 5 rings (SSSR count). The highest BCUT2D eigenvalue weighted by Crippen LogP contribution is 2.41. The monoisotopic (exact) mass is 390 g/mol. The Morgan fingerprint density at radius 3 is 2.69 bits per heavy atom. The Bertz CT molecular complexity index is 1160. The second-order valence-electron chi connectivity index (χ2n) is 8.05. The molecule has 0 radical (unpaired) electrons. The number of nitrogens with zero attached hydrogens (tertiary/aromatic N) is 4. The van der Waals surface area contributed by atoms with E-state index in [4.69, 9.17) is 4.98 Å². The van der Waals surface area contributed by atoms with E-state index < -0.39 is 11.9 Å². The first-order valence-corrected chi connectivity index (χ1v) is 9.88. The number of aromatic nitrogens is 3. The largest absolute Gasteiger partial charge is 0.481 e. The Kier molecular flexibility index (Phi) is 3.94. The number of benzene rings is 1. The molecule has 2 aromatic heterocycles. The lowest BCUT2D eigenvalue weighted by Gasteiger charge is -2.33. The van der Waals surface area contributed by atoms with Crippen LogP contribution in [0, 0.1) is 6.92 Å². The van der Waals surface area contributed by atoms with Gasteiger partial charge in [0.25, 0.3) is 5.91 Å². The summed E-state index contributed by atoms with van der Waals surface area (Å²) in [6.45, 7) is 2.44. The summed E-state index contributed by atoms with van der Waals surface area (Å²) in [6, 6.07) is 9.37. The predicted molar refractivity (Wildman–Crippen MR) is 107 cm³/mol. The van der Waals surface area contributed by atoms with Crippen LogP contribution in [0.4, 0.5) is 0 Å². The van der Waals surface area contributed by atoms with Gasteiger partial charge < -0.3 is 10.0 Å². The van der Waals surface area contributed by atoms with E-state index >= 15 is 0 Å². The molecule has 1 aliphatic heterocycles. The molecule has 7 nitrogen and oxygen atoms in total. The molecule has 2 aliphatic rings. The molecule has 0 saturated heterocycles. The van der Waals surface area contributed by atoms with Crippen molar-refractivity contribution in [3.8, 4) is 0 Å². The molecule has 148 valence electrons. The molecule has 3 heterocycles. The smallest absolute Gasteiger partial charge is 0.312 e.